The van der Waals surface area contributed by atoms with E-state index in [0.717, 1.165) is 42.7 Å². The van der Waals surface area contributed by atoms with Gasteiger partial charge in [-0.15, -0.1) is 0 Å². The Bertz CT molecular complexity index is 1090. The molecule has 120 valence electrons. The first-order valence-corrected chi connectivity index (χ1v) is 9.06. The summed E-state index contributed by atoms with van der Waals surface area (Å²) in [4.78, 5) is 3.41. The zero-order valence-electron chi connectivity index (χ0n) is 12.1. The quantitative estimate of drug-likeness (QED) is 0.327. The molecule has 3 aromatic carbocycles. The molecule has 2 nitrogen and oxygen atoms in total. The number of aromatic nitrogens is 1. The molecule has 0 aliphatic heterocycles. The van der Waals surface area contributed by atoms with E-state index in [1.807, 2.05) is 24.3 Å². The van der Waals surface area contributed by atoms with E-state index in [0.29, 0.717) is 10.0 Å². The average Bonchev–Trinajstić information content (AvgIpc) is 2.88. The average molecular weight is 441 g/mol. The van der Waals surface area contributed by atoms with Crippen LogP contribution in [0, 0.1) is 0 Å². The van der Waals surface area contributed by atoms with E-state index < -0.39 is 0 Å². The van der Waals surface area contributed by atoms with Crippen LogP contribution in [0.3, 0.4) is 0 Å². The Hall–Kier alpha value is -1.39. The summed E-state index contributed by atoms with van der Waals surface area (Å²) >= 11 is 21.8. The molecule has 2 N–H and O–H groups in total. The Morgan fingerprint density at radius 1 is 0.792 bits per heavy atom. The molecule has 0 bridgehead atoms. The molecule has 1 aromatic heterocycles. The number of fused-ring (bicyclic) bond motifs is 3. The number of hydrogen-bond acceptors (Lipinski definition) is 1. The van der Waals surface area contributed by atoms with Crippen LogP contribution in [0.1, 0.15) is 0 Å². The first-order chi connectivity index (χ1) is 11.5. The van der Waals surface area contributed by atoms with E-state index >= 15 is 0 Å². The van der Waals surface area contributed by atoms with Crippen LogP contribution in [-0.2, 0) is 0 Å². The molecule has 24 heavy (non-hydrogen) atoms. The van der Waals surface area contributed by atoms with Gasteiger partial charge >= 0.3 is 0 Å². The molecule has 0 aliphatic carbocycles. The minimum Gasteiger partial charge on any atom is -0.354 e. The maximum Gasteiger partial charge on any atom is 0.0612 e. The van der Waals surface area contributed by atoms with Crippen LogP contribution in [0.25, 0.3) is 21.8 Å². The third-order valence-electron chi connectivity index (χ3n) is 3.85. The zero-order valence-corrected chi connectivity index (χ0v) is 16.0. The molecule has 0 spiro atoms. The van der Waals surface area contributed by atoms with Gasteiger partial charge in [-0.1, -0.05) is 34.8 Å². The van der Waals surface area contributed by atoms with Gasteiger partial charge in [0.05, 0.1) is 15.7 Å². The van der Waals surface area contributed by atoms with Crippen LogP contribution in [0.2, 0.25) is 15.1 Å². The second-order valence-electron chi connectivity index (χ2n) is 5.45. The van der Waals surface area contributed by atoms with Crippen LogP contribution >= 0.6 is 50.7 Å². The second-order valence-corrected chi connectivity index (χ2v) is 7.55. The second kappa shape index (κ2) is 6.16. The minimum atomic E-state index is 0.513. The van der Waals surface area contributed by atoms with E-state index in [2.05, 4.69) is 38.4 Å². The van der Waals surface area contributed by atoms with Gasteiger partial charge < -0.3 is 10.3 Å². The van der Waals surface area contributed by atoms with Crippen LogP contribution in [0.4, 0.5) is 11.4 Å². The molecule has 0 fully saturated rings. The van der Waals surface area contributed by atoms with Crippen molar-refractivity contribution in [3.8, 4) is 0 Å². The van der Waals surface area contributed by atoms with Crippen molar-refractivity contribution in [2.45, 2.75) is 0 Å². The minimum absolute atomic E-state index is 0.513. The van der Waals surface area contributed by atoms with Gasteiger partial charge in [0.25, 0.3) is 0 Å². The van der Waals surface area contributed by atoms with Crippen molar-refractivity contribution in [3.63, 3.8) is 0 Å². The fourth-order valence-corrected chi connectivity index (χ4v) is 3.63. The van der Waals surface area contributed by atoms with Crippen LogP contribution in [-0.4, -0.2) is 4.98 Å². The predicted molar refractivity (Wildman–Crippen MR) is 108 cm³/mol. The highest BCUT2D eigenvalue weighted by molar-refractivity contribution is 9.10. The lowest BCUT2D eigenvalue weighted by atomic mass is 10.1. The van der Waals surface area contributed by atoms with E-state index in [9.17, 15) is 0 Å². The van der Waals surface area contributed by atoms with Crippen molar-refractivity contribution in [2.24, 2.45) is 0 Å². The number of aromatic amines is 1. The Balaban J connectivity index is 1.82. The number of halogens is 4. The number of nitrogens with one attached hydrogen (secondary N) is 2. The molecule has 0 radical (unpaired) electrons. The van der Waals surface area contributed by atoms with E-state index in [1.165, 1.54) is 0 Å². The summed E-state index contributed by atoms with van der Waals surface area (Å²) in [6.07, 6.45) is 0. The fourth-order valence-electron chi connectivity index (χ4n) is 2.72. The van der Waals surface area contributed by atoms with Gasteiger partial charge in [0.1, 0.15) is 0 Å². The van der Waals surface area contributed by atoms with Crippen molar-refractivity contribution in [3.05, 3.63) is 68.1 Å². The van der Waals surface area contributed by atoms with Gasteiger partial charge in [0, 0.05) is 37.0 Å². The van der Waals surface area contributed by atoms with Crippen molar-refractivity contribution in [1.82, 2.24) is 4.98 Å². The first kappa shape index (κ1) is 16.1. The topological polar surface area (TPSA) is 27.8 Å². The third-order valence-corrected chi connectivity index (χ3v) is 5.48. The summed E-state index contributed by atoms with van der Waals surface area (Å²) in [5, 5.41) is 7.32. The Morgan fingerprint density at radius 3 is 2.38 bits per heavy atom. The van der Waals surface area contributed by atoms with Gasteiger partial charge in [-0.3, -0.25) is 0 Å². The summed E-state index contributed by atoms with van der Waals surface area (Å²) in [6, 6.07) is 15.4. The highest BCUT2D eigenvalue weighted by Gasteiger charge is 2.10. The lowest BCUT2D eigenvalue weighted by Gasteiger charge is -2.10. The third kappa shape index (κ3) is 2.86. The first-order valence-electron chi connectivity index (χ1n) is 7.14. The van der Waals surface area contributed by atoms with Crippen molar-refractivity contribution < 1.29 is 0 Å². The number of benzene rings is 3. The molecule has 4 aromatic rings. The van der Waals surface area contributed by atoms with Crippen LogP contribution in [0.5, 0.6) is 0 Å². The largest absolute Gasteiger partial charge is 0.354 e. The fraction of sp³-hybridized carbons (Fsp3) is 0. The molecular formula is C18H10BrCl3N2. The predicted octanol–water partition coefficient (Wildman–Crippen LogP) is 7.79. The summed E-state index contributed by atoms with van der Waals surface area (Å²) in [7, 11) is 0. The van der Waals surface area contributed by atoms with Gasteiger partial charge in [-0.25, -0.2) is 0 Å². The van der Waals surface area contributed by atoms with E-state index in [-0.39, 0.29) is 0 Å². The molecule has 0 saturated carbocycles. The molecule has 0 atom stereocenters. The Kier molecular flexibility index (Phi) is 4.13. The lowest BCUT2D eigenvalue weighted by molar-refractivity contribution is 1.51. The van der Waals surface area contributed by atoms with E-state index in [1.54, 1.807) is 12.1 Å². The number of H-pyrrole nitrogens is 1. The Labute approximate surface area is 161 Å². The molecule has 4 rings (SSSR count). The van der Waals surface area contributed by atoms with Crippen molar-refractivity contribution in [2.75, 3.05) is 5.32 Å². The lowest BCUT2D eigenvalue weighted by Crippen LogP contribution is -1.91. The number of hydrogen-bond donors (Lipinski definition) is 2. The number of rotatable bonds is 2. The standard InChI is InChI=1S/C18H10BrCl3N2/c19-13-7-12-11-5-9(20)1-4-16(11)24-17(12)8-18(13)23-10-2-3-14(21)15(22)6-10/h1-8,23-24H. The van der Waals surface area contributed by atoms with Gasteiger partial charge in [-0.05, 0) is 64.5 Å². The smallest absolute Gasteiger partial charge is 0.0612 e. The highest BCUT2D eigenvalue weighted by atomic mass is 79.9. The van der Waals surface area contributed by atoms with Crippen molar-refractivity contribution >= 4 is 83.9 Å². The molecule has 0 aliphatic rings. The monoisotopic (exact) mass is 438 g/mol. The highest BCUT2D eigenvalue weighted by Crippen LogP contribution is 2.36. The van der Waals surface area contributed by atoms with Gasteiger partial charge in [0.15, 0.2) is 0 Å². The summed E-state index contributed by atoms with van der Waals surface area (Å²) in [6.45, 7) is 0. The zero-order chi connectivity index (χ0) is 16.8. The van der Waals surface area contributed by atoms with Crippen molar-refractivity contribution in [1.29, 1.82) is 0 Å². The maximum absolute atomic E-state index is 6.12. The van der Waals surface area contributed by atoms with Gasteiger partial charge in [0.2, 0.25) is 0 Å². The molecule has 1 heterocycles. The molecule has 0 unspecified atom stereocenters. The maximum atomic E-state index is 6.12. The van der Waals surface area contributed by atoms with Crippen LogP contribution < -0.4 is 5.32 Å². The Morgan fingerprint density at radius 2 is 1.58 bits per heavy atom. The van der Waals surface area contributed by atoms with Crippen LogP contribution in [0.15, 0.2) is 53.0 Å². The number of anilines is 2. The van der Waals surface area contributed by atoms with E-state index in [4.69, 9.17) is 34.8 Å². The molecule has 0 amide bonds. The molecule has 0 saturated heterocycles. The molecule has 6 heteroatoms. The summed E-state index contributed by atoms with van der Waals surface area (Å²) in [5.74, 6) is 0. The summed E-state index contributed by atoms with van der Waals surface area (Å²) < 4.78 is 0.946. The normalized spacial score (nSPS) is 11.3. The molecular weight excluding hydrogens is 430 g/mol. The summed E-state index contributed by atoms with van der Waals surface area (Å²) in [5.41, 5.74) is 3.87. The van der Waals surface area contributed by atoms with Gasteiger partial charge in [-0.2, -0.15) is 0 Å². The SMILES string of the molecule is Clc1ccc2[nH]c3cc(Nc4ccc(Cl)c(Cl)c4)c(Br)cc3c2c1.